The van der Waals surface area contributed by atoms with Crippen molar-refractivity contribution in [2.45, 2.75) is 24.9 Å². The fourth-order valence-corrected chi connectivity index (χ4v) is 4.58. The second-order valence-corrected chi connectivity index (χ2v) is 7.62. The largest absolute Gasteiger partial charge is 0.467 e. The fraction of sp³-hybridized carbons (Fsp3) is 0.429. The number of thioether (sulfide) groups is 1. The maximum Gasteiger partial charge on any atom is 0.126 e. The molecule has 19 heavy (non-hydrogen) atoms. The third-order valence-corrected chi connectivity index (χ3v) is 5.67. The molecule has 3 heterocycles. The SMILES string of the molecule is Clc1ccc(C(NC2CCSCC2)c2ccco2)s1. The van der Waals surface area contributed by atoms with Crippen LogP contribution < -0.4 is 5.32 Å². The first kappa shape index (κ1) is 13.6. The monoisotopic (exact) mass is 313 g/mol. The van der Waals surface area contributed by atoms with Crippen LogP contribution in [0.5, 0.6) is 0 Å². The number of hydrogen-bond acceptors (Lipinski definition) is 4. The van der Waals surface area contributed by atoms with Gasteiger partial charge in [0.1, 0.15) is 11.8 Å². The number of rotatable bonds is 4. The molecular weight excluding hydrogens is 298 g/mol. The molecule has 102 valence electrons. The lowest BCUT2D eigenvalue weighted by molar-refractivity contribution is 0.393. The first-order chi connectivity index (χ1) is 9.33. The van der Waals surface area contributed by atoms with Crippen LogP contribution in [0.3, 0.4) is 0 Å². The van der Waals surface area contributed by atoms with E-state index in [0.717, 1.165) is 10.1 Å². The first-order valence-electron chi connectivity index (χ1n) is 6.45. The van der Waals surface area contributed by atoms with E-state index >= 15 is 0 Å². The Morgan fingerprint density at radius 1 is 1.26 bits per heavy atom. The zero-order valence-electron chi connectivity index (χ0n) is 10.5. The van der Waals surface area contributed by atoms with Gasteiger partial charge in [-0.1, -0.05) is 11.6 Å². The summed E-state index contributed by atoms with van der Waals surface area (Å²) >= 11 is 9.73. The van der Waals surface area contributed by atoms with Crippen LogP contribution in [0.15, 0.2) is 34.9 Å². The molecule has 0 radical (unpaired) electrons. The molecule has 0 aromatic carbocycles. The van der Waals surface area contributed by atoms with E-state index in [1.165, 1.54) is 29.2 Å². The van der Waals surface area contributed by atoms with Crippen LogP contribution in [0.2, 0.25) is 4.34 Å². The molecule has 1 atom stereocenters. The number of furan rings is 1. The molecule has 1 unspecified atom stereocenters. The lowest BCUT2D eigenvalue weighted by Gasteiger charge is -2.27. The van der Waals surface area contributed by atoms with E-state index in [4.69, 9.17) is 16.0 Å². The minimum atomic E-state index is 0.126. The van der Waals surface area contributed by atoms with Crippen molar-refractivity contribution in [3.05, 3.63) is 45.5 Å². The highest BCUT2D eigenvalue weighted by atomic mass is 35.5. The highest BCUT2D eigenvalue weighted by Crippen LogP contribution is 2.32. The number of halogens is 1. The van der Waals surface area contributed by atoms with Crippen molar-refractivity contribution in [2.75, 3.05) is 11.5 Å². The van der Waals surface area contributed by atoms with Crippen LogP contribution in [-0.4, -0.2) is 17.5 Å². The fourth-order valence-electron chi connectivity index (χ4n) is 2.34. The predicted molar refractivity (Wildman–Crippen MR) is 83.4 cm³/mol. The molecule has 0 bridgehead atoms. The van der Waals surface area contributed by atoms with E-state index in [1.54, 1.807) is 17.6 Å². The van der Waals surface area contributed by atoms with Crippen LogP contribution in [0.25, 0.3) is 0 Å². The Balaban J connectivity index is 1.80. The average Bonchev–Trinajstić information content (AvgIpc) is 3.09. The molecule has 2 aromatic rings. The van der Waals surface area contributed by atoms with E-state index < -0.39 is 0 Å². The number of thiophene rings is 1. The Bertz CT molecular complexity index is 505. The summed E-state index contributed by atoms with van der Waals surface area (Å²) in [5.74, 6) is 3.46. The van der Waals surface area contributed by atoms with Crippen LogP contribution in [0.1, 0.15) is 29.5 Å². The molecule has 1 fully saturated rings. The van der Waals surface area contributed by atoms with E-state index in [9.17, 15) is 0 Å². The molecule has 1 aliphatic heterocycles. The van der Waals surface area contributed by atoms with Gasteiger partial charge in [0.25, 0.3) is 0 Å². The van der Waals surface area contributed by atoms with Crippen molar-refractivity contribution in [3.63, 3.8) is 0 Å². The summed E-state index contributed by atoms with van der Waals surface area (Å²) in [5.41, 5.74) is 0. The van der Waals surface area contributed by atoms with Crippen molar-refractivity contribution in [2.24, 2.45) is 0 Å². The number of nitrogens with one attached hydrogen (secondary N) is 1. The second kappa shape index (κ2) is 6.35. The Kier molecular flexibility index (Phi) is 4.53. The molecule has 0 saturated carbocycles. The maximum atomic E-state index is 6.07. The third kappa shape index (κ3) is 3.37. The zero-order chi connectivity index (χ0) is 13.1. The summed E-state index contributed by atoms with van der Waals surface area (Å²) in [6.45, 7) is 0. The Labute approximate surface area is 126 Å². The van der Waals surface area contributed by atoms with Crippen molar-refractivity contribution in [3.8, 4) is 0 Å². The van der Waals surface area contributed by atoms with Crippen molar-refractivity contribution in [1.82, 2.24) is 5.32 Å². The molecule has 1 N–H and O–H groups in total. The van der Waals surface area contributed by atoms with Gasteiger partial charge in [0, 0.05) is 10.9 Å². The topological polar surface area (TPSA) is 25.2 Å². The van der Waals surface area contributed by atoms with Gasteiger partial charge in [-0.05, 0) is 48.6 Å². The smallest absolute Gasteiger partial charge is 0.126 e. The molecule has 0 amide bonds. The normalized spacial score (nSPS) is 18.6. The average molecular weight is 314 g/mol. The minimum Gasteiger partial charge on any atom is -0.467 e. The quantitative estimate of drug-likeness (QED) is 0.895. The lowest BCUT2D eigenvalue weighted by Crippen LogP contribution is -2.35. The van der Waals surface area contributed by atoms with Crippen molar-refractivity contribution < 1.29 is 4.42 Å². The van der Waals surface area contributed by atoms with Gasteiger partial charge in [-0.25, -0.2) is 0 Å². The molecule has 3 rings (SSSR count). The van der Waals surface area contributed by atoms with Crippen molar-refractivity contribution >= 4 is 34.7 Å². The predicted octanol–water partition coefficient (Wildman–Crippen LogP) is 4.57. The van der Waals surface area contributed by atoms with Gasteiger partial charge in [0.05, 0.1) is 10.6 Å². The molecule has 2 aromatic heterocycles. The molecule has 2 nitrogen and oxygen atoms in total. The first-order valence-corrected chi connectivity index (χ1v) is 8.80. The summed E-state index contributed by atoms with van der Waals surface area (Å²) in [7, 11) is 0. The molecule has 1 aliphatic rings. The van der Waals surface area contributed by atoms with Gasteiger partial charge >= 0.3 is 0 Å². The Hall–Kier alpha value is -0.420. The van der Waals surface area contributed by atoms with Gasteiger partial charge in [-0.3, -0.25) is 0 Å². The Morgan fingerprint density at radius 3 is 2.74 bits per heavy atom. The van der Waals surface area contributed by atoms with E-state index in [2.05, 4.69) is 11.4 Å². The van der Waals surface area contributed by atoms with Crippen LogP contribution >= 0.6 is 34.7 Å². The zero-order valence-corrected chi connectivity index (χ0v) is 12.9. The van der Waals surface area contributed by atoms with E-state index in [0.29, 0.717) is 6.04 Å². The summed E-state index contributed by atoms with van der Waals surface area (Å²) in [6.07, 6.45) is 4.18. The molecule has 0 aliphatic carbocycles. The van der Waals surface area contributed by atoms with E-state index in [-0.39, 0.29) is 6.04 Å². The molecule has 1 saturated heterocycles. The van der Waals surface area contributed by atoms with Crippen LogP contribution in [-0.2, 0) is 0 Å². The standard InChI is InChI=1S/C14H16ClNOS2/c15-13-4-3-12(19-13)14(11-2-1-7-17-11)16-10-5-8-18-9-6-10/h1-4,7,10,14,16H,5-6,8-9H2. The van der Waals surface area contributed by atoms with Gasteiger partial charge < -0.3 is 9.73 Å². The third-order valence-electron chi connectivity index (χ3n) is 3.33. The summed E-state index contributed by atoms with van der Waals surface area (Å²) in [5, 5.41) is 3.73. The molecule has 5 heteroatoms. The lowest BCUT2D eigenvalue weighted by atomic mass is 10.1. The van der Waals surface area contributed by atoms with Gasteiger partial charge in [-0.15, -0.1) is 11.3 Å². The highest BCUT2D eigenvalue weighted by molar-refractivity contribution is 7.99. The maximum absolute atomic E-state index is 6.07. The molecular formula is C14H16ClNOS2. The molecule has 0 spiro atoms. The summed E-state index contributed by atoms with van der Waals surface area (Å²) in [4.78, 5) is 1.22. The second-order valence-electron chi connectivity index (χ2n) is 4.64. The summed E-state index contributed by atoms with van der Waals surface area (Å²) in [6, 6.07) is 8.71. The van der Waals surface area contributed by atoms with E-state index in [1.807, 2.05) is 30.0 Å². The van der Waals surface area contributed by atoms with Gasteiger partial charge in [0.15, 0.2) is 0 Å². The summed E-state index contributed by atoms with van der Waals surface area (Å²) < 4.78 is 6.42. The van der Waals surface area contributed by atoms with Gasteiger partial charge in [0.2, 0.25) is 0 Å². The van der Waals surface area contributed by atoms with Gasteiger partial charge in [-0.2, -0.15) is 11.8 Å². The van der Waals surface area contributed by atoms with Crippen LogP contribution in [0, 0.1) is 0 Å². The highest BCUT2D eigenvalue weighted by Gasteiger charge is 2.23. The van der Waals surface area contributed by atoms with Crippen LogP contribution in [0.4, 0.5) is 0 Å². The minimum absolute atomic E-state index is 0.126. The number of hydrogen-bond donors (Lipinski definition) is 1. The Morgan fingerprint density at radius 2 is 2.11 bits per heavy atom. The van der Waals surface area contributed by atoms with Crippen molar-refractivity contribution in [1.29, 1.82) is 0 Å².